The first-order chi connectivity index (χ1) is 5.24. The fourth-order valence-corrected chi connectivity index (χ4v) is 1.64. The second kappa shape index (κ2) is 4.04. The van der Waals surface area contributed by atoms with Gasteiger partial charge in [0, 0.05) is 32.7 Å². The molecule has 0 aromatic rings. The van der Waals surface area contributed by atoms with E-state index in [4.69, 9.17) is 4.74 Å². The maximum absolute atomic E-state index is 5.34. The second-order valence-electron chi connectivity index (χ2n) is 3.45. The molecule has 2 unspecified atom stereocenters. The molecule has 0 aliphatic carbocycles. The summed E-state index contributed by atoms with van der Waals surface area (Å²) in [7, 11) is 6.00. The van der Waals surface area contributed by atoms with Gasteiger partial charge in [0.15, 0.2) is 0 Å². The van der Waals surface area contributed by atoms with Crippen molar-refractivity contribution in [2.24, 2.45) is 5.92 Å². The molecule has 1 N–H and O–H groups in total. The highest BCUT2D eigenvalue weighted by molar-refractivity contribution is 4.82. The number of hydrogen-bond acceptors (Lipinski definition) is 3. The third-order valence-corrected chi connectivity index (χ3v) is 2.18. The summed E-state index contributed by atoms with van der Waals surface area (Å²) >= 11 is 0. The van der Waals surface area contributed by atoms with Gasteiger partial charge in [-0.2, -0.15) is 0 Å². The second-order valence-corrected chi connectivity index (χ2v) is 3.45. The van der Waals surface area contributed by atoms with Crippen molar-refractivity contribution in [3.8, 4) is 0 Å². The van der Waals surface area contributed by atoms with E-state index in [2.05, 4.69) is 24.3 Å². The molecular formula is C8H18N2O. The summed E-state index contributed by atoms with van der Waals surface area (Å²) in [5.41, 5.74) is 0. The Morgan fingerprint density at radius 1 is 1.45 bits per heavy atom. The summed E-state index contributed by atoms with van der Waals surface area (Å²) in [6.07, 6.45) is 0.414. The molecule has 0 spiro atoms. The van der Waals surface area contributed by atoms with Crippen molar-refractivity contribution in [1.29, 1.82) is 0 Å². The molecule has 1 aliphatic heterocycles. The molecule has 66 valence electrons. The van der Waals surface area contributed by atoms with E-state index in [1.54, 1.807) is 7.11 Å². The van der Waals surface area contributed by atoms with Crippen LogP contribution in [0, 0.1) is 5.92 Å². The lowest BCUT2D eigenvalue weighted by Gasteiger charge is -2.20. The van der Waals surface area contributed by atoms with Crippen molar-refractivity contribution in [3.05, 3.63) is 0 Å². The van der Waals surface area contributed by atoms with Crippen molar-refractivity contribution in [2.45, 2.75) is 6.10 Å². The number of methoxy groups -OCH3 is 1. The minimum absolute atomic E-state index is 0.414. The van der Waals surface area contributed by atoms with Crippen LogP contribution in [-0.4, -0.2) is 51.8 Å². The fraction of sp³-hybridized carbons (Fsp3) is 1.00. The number of rotatable bonds is 3. The Hall–Kier alpha value is -0.120. The summed E-state index contributed by atoms with van der Waals surface area (Å²) in [6, 6.07) is 0. The minimum Gasteiger partial charge on any atom is -0.380 e. The summed E-state index contributed by atoms with van der Waals surface area (Å²) in [5, 5.41) is 3.33. The molecular weight excluding hydrogens is 140 g/mol. The Morgan fingerprint density at radius 2 is 2.18 bits per heavy atom. The Bertz CT molecular complexity index is 117. The molecule has 1 aliphatic rings. The van der Waals surface area contributed by atoms with E-state index < -0.39 is 0 Å². The monoisotopic (exact) mass is 158 g/mol. The van der Waals surface area contributed by atoms with Crippen molar-refractivity contribution >= 4 is 0 Å². The molecule has 0 bridgehead atoms. The first-order valence-electron chi connectivity index (χ1n) is 4.12. The van der Waals surface area contributed by atoms with Gasteiger partial charge in [-0.3, -0.25) is 0 Å². The highest BCUT2D eigenvalue weighted by atomic mass is 16.5. The van der Waals surface area contributed by atoms with Crippen molar-refractivity contribution in [2.75, 3.05) is 40.8 Å². The first-order valence-corrected chi connectivity index (χ1v) is 4.12. The highest BCUT2D eigenvalue weighted by Gasteiger charge is 2.26. The third kappa shape index (κ3) is 2.43. The Balaban J connectivity index is 2.31. The van der Waals surface area contributed by atoms with Crippen LogP contribution < -0.4 is 5.32 Å². The van der Waals surface area contributed by atoms with Gasteiger partial charge in [-0.05, 0) is 14.1 Å². The van der Waals surface area contributed by atoms with Crippen LogP contribution in [0.5, 0.6) is 0 Å². The van der Waals surface area contributed by atoms with Crippen LogP contribution in [0.4, 0.5) is 0 Å². The van der Waals surface area contributed by atoms with Gasteiger partial charge in [-0.1, -0.05) is 0 Å². The average molecular weight is 158 g/mol. The van der Waals surface area contributed by atoms with Crippen molar-refractivity contribution in [1.82, 2.24) is 10.2 Å². The van der Waals surface area contributed by atoms with E-state index >= 15 is 0 Å². The first kappa shape index (κ1) is 8.97. The Morgan fingerprint density at radius 3 is 2.73 bits per heavy atom. The minimum atomic E-state index is 0.414. The van der Waals surface area contributed by atoms with Crippen LogP contribution in [0.1, 0.15) is 0 Å². The molecule has 11 heavy (non-hydrogen) atoms. The lowest BCUT2D eigenvalue weighted by Crippen LogP contribution is -2.30. The van der Waals surface area contributed by atoms with E-state index in [9.17, 15) is 0 Å². The fourth-order valence-electron chi connectivity index (χ4n) is 1.64. The molecule has 3 heteroatoms. The molecule has 1 rings (SSSR count). The molecule has 0 saturated carbocycles. The van der Waals surface area contributed by atoms with Crippen LogP contribution in [-0.2, 0) is 4.74 Å². The largest absolute Gasteiger partial charge is 0.380 e. The topological polar surface area (TPSA) is 24.5 Å². The van der Waals surface area contributed by atoms with Crippen LogP contribution in [0.25, 0.3) is 0 Å². The van der Waals surface area contributed by atoms with E-state index in [0.717, 1.165) is 19.6 Å². The molecule has 0 aromatic carbocycles. The van der Waals surface area contributed by atoms with Crippen molar-refractivity contribution < 1.29 is 4.74 Å². The Kier molecular flexibility index (Phi) is 3.30. The third-order valence-electron chi connectivity index (χ3n) is 2.18. The van der Waals surface area contributed by atoms with Gasteiger partial charge in [-0.15, -0.1) is 0 Å². The quantitative estimate of drug-likeness (QED) is 0.614. The number of nitrogens with one attached hydrogen (secondary N) is 1. The van der Waals surface area contributed by atoms with Crippen LogP contribution in [0.15, 0.2) is 0 Å². The normalized spacial score (nSPS) is 31.6. The van der Waals surface area contributed by atoms with Gasteiger partial charge in [0.05, 0.1) is 6.10 Å². The van der Waals surface area contributed by atoms with E-state index in [1.807, 2.05) is 0 Å². The number of nitrogens with zero attached hydrogens (tertiary/aromatic N) is 1. The summed E-state index contributed by atoms with van der Waals surface area (Å²) < 4.78 is 5.34. The summed E-state index contributed by atoms with van der Waals surface area (Å²) in [5.74, 6) is 0.662. The van der Waals surface area contributed by atoms with Gasteiger partial charge in [0.1, 0.15) is 0 Å². The zero-order valence-corrected chi connectivity index (χ0v) is 7.63. The molecule has 0 aromatic heterocycles. The van der Waals surface area contributed by atoms with E-state index in [0.29, 0.717) is 12.0 Å². The molecule has 2 atom stereocenters. The molecule has 3 nitrogen and oxygen atoms in total. The Labute approximate surface area is 68.7 Å². The molecule has 0 radical (unpaired) electrons. The van der Waals surface area contributed by atoms with Crippen LogP contribution >= 0.6 is 0 Å². The molecule has 1 saturated heterocycles. The maximum atomic E-state index is 5.34. The highest BCUT2D eigenvalue weighted by Crippen LogP contribution is 2.12. The van der Waals surface area contributed by atoms with E-state index in [-0.39, 0.29) is 0 Å². The maximum Gasteiger partial charge on any atom is 0.0748 e. The smallest absolute Gasteiger partial charge is 0.0748 e. The lowest BCUT2D eigenvalue weighted by molar-refractivity contribution is 0.0729. The van der Waals surface area contributed by atoms with Gasteiger partial charge >= 0.3 is 0 Å². The number of hydrogen-bond donors (Lipinski definition) is 1. The van der Waals surface area contributed by atoms with E-state index in [1.165, 1.54) is 0 Å². The zero-order chi connectivity index (χ0) is 8.27. The number of ether oxygens (including phenoxy) is 1. The molecule has 0 amide bonds. The van der Waals surface area contributed by atoms with Gasteiger partial charge in [0.25, 0.3) is 0 Å². The summed E-state index contributed by atoms with van der Waals surface area (Å²) in [6.45, 7) is 3.22. The van der Waals surface area contributed by atoms with Crippen molar-refractivity contribution in [3.63, 3.8) is 0 Å². The summed E-state index contributed by atoms with van der Waals surface area (Å²) in [4.78, 5) is 2.21. The van der Waals surface area contributed by atoms with Crippen LogP contribution in [0.3, 0.4) is 0 Å². The predicted molar refractivity (Wildman–Crippen MR) is 45.7 cm³/mol. The van der Waals surface area contributed by atoms with Gasteiger partial charge in [0.2, 0.25) is 0 Å². The van der Waals surface area contributed by atoms with Gasteiger partial charge < -0.3 is 15.0 Å². The SMILES string of the molecule is COC1CNCC1CN(C)C. The standard InChI is InChI=1S/C8H18N2O/c1-10(2)6-7-4-9-5-8(7)11-3/h7-9H,4-6H2,1-3H3. The van der Waals surface area contributed by atoms with Crippen LogP contribution in [0.2, 0.25) is 0 Å². The predicted octanol–water partition coefficient (Wildman–Crippen LogP) is -0.218. The average Bonchev–Trinajstić information content (AvgIpc) is 2.34. The molecule has 1 heterocycles. The lowest BCUT2D eigenvalue weighted by atomic mass is 10.1. The zero-order valence-electron chi connectivity index (χ0n) is 7.63. The molecule has 1 fully saturated rings. The van der Waals surface area contributed by atoms with Gasteiger partial charge in [-0.25, -0.2) is 0 Å².